The second kappa shape index (κ2) is 3.74. The van der Waals surface area contributed by atoms with Gasteiger partial charge >= 0.3 is 0 Å². The molecule has 0 saturated carbocycles. The van der Waals surface area contributed by atoms with E-state index in [1.54, 1.807) is 0 Å². The summed E-state index contributed by atoms with van der Waals surface area (Å²) in [7, 11) is 0. The van der Waals surface area contributed by atoms with Crippen molar-refractivity contribution < 1.29 is 0 Å². The number of anilines is 1. The molecule has 0 spiro atoms. The molecular weight excluding hydrogens is 254 g/mol. The lowest BCUT2D eigenvalue weighted by atomic mass is 9.79. The van der Waals surface area contributed by atoms with E-state index in [0.717, 1.165) is 29.2 Å². The summed E-state index contributed by atoms with van der Waals surface area (Å²) in [6, 6.07) is 0. The standard InChI is InChI=1S/C11H16BrN3/c1-4-11(3)6-15(7-11)10-9(12)5-13-8(2)14-10/h5H,4,6-7H2,1-3H3. The van der Waals surface area contributed by atoms with E-state index in [9.17, 15) is 0 Å². The first kappa shape index (κ1) is 10.9. The minimum absolute atomic E-state index is 0.471. The van der Waals surface area contributed by atoms with E-state index in [4.69, 9.17) is 0 Å². The number of hydrogen-bond donors (Lipinski definition) is 0. The molecule has 3 nitrogen and oxygen atoms in total. The first-order valence-corrected chi connectivity index (χ1v) is 6.07. The highest BCUT2D eigenvalue weighted by atomic mass is 79.9. The Morgan fingerprint density at radius 2 is 2.20 bits per heavy atom. The van der Waals surface area contributed by atoms with Crippen LogP contribution in [0.4, 0.5) is 5.82 Å². The first-order chi connectivity index (χ1) is 7.04. The van der Waals surface area contributed by atoms with Crippen molar-refractivity contribution in [1.82, 2.24) is 9.97 Å². The van der Waals surface area contributed by atoms with E-state index in [1.165, 1.54) is 6.42 Å². The Balaban J connectivity index is 2.16. The van der Waals surface area contributed by atoms with Crippen LogP contribution in [0, 0.1) is 12.3 Å². The molecule has 1 aromatic rings. The Kier molecular flexibility index (Phi) is 2.71. The van der Waals surface area contributed by atoms with E-state index in [0.29, 0.717) is 5.41 Å². The number of nitrogens with zero attached hydrogens (tertiary/aromatic N) is 3. The highest BCUT2D eigenvalue weighted by Crippen LogP contribution is 2.38. The summed E-state index contributed by atoms with van der Waals surface area (Å²) in [6.45, 7) is 8.69. The number of aryl methyl sites for hydroxylation is 1. The molecule has 0 aromatic carbocycles. The Morgan fingerprint density at radius 3 is 2.80 bits per heavy atom. The van der Waals surface area contributed by atoms with E-state index < -0.39 is 0 Å². The van der Waals surface area contributed by atoms with Gasteiger partial charge in [-0.25, -0.2) is 9.97 Å². The van der Waals surface area contributed by atoms with Crippen LogP contribution in [-0.2, 0) is 0 Å². The van der Waals surface area contributed by atoms with Crippen LogP contribution in [0.25, 0.3) is 0 Å². The monoisotopic (exact) mass is 269 g/mol. The van der Waals surface area contributed by atoms with Crippen LogP contribution in [0.1, 0.15) is 26.1 Å². The molecule has 2 heterocycles. The molecule has 4 heteroatoms. The normalized spacial score (nSPS) is 18.8. The van der Waals surface area contributed by atoms with E-state index in [2.05, 4.69) is 44.6 Å². The maximum Gasteiger partial charge on any atom is 0.146 e. The van der Waals surface area contributed by atoms with Gasteiger partial charge in [-0.2, -0.15) is 0 Å². The molecule has 0 atom stereocenters. The van der Waals surface area contributed by atoms with Crippen LogP contribution in [0.3, 0.4) is 0 Å². The molecule has 0 aliphatic carbocycles. The first-order valence-electron chi connectivity index (χ1n) is 5.28. The molecule has 1 saturated heterocycles. The molecule has 1 aromatic heterocycles. The summed E-state index contributed by atoms with van der Waals surface area (Å²) in [5.41, 5.74) is 0.471. The van der Waals surface area contributed by atoms with E-state index >= 15 is 0 Å². The van der Waals surface area contributed by atoms with Crippen LogP contribution < -0.4 is 4.90 Å². The maximum absolute atomic E-state index is 4.46. The summed E-state index contributed by atoms with van der Waals surface area (Å²) in [5.74, 6) is 1.87. The number of hydrogen-bond acceptors (Lipinski definition) is 3. The molecule has 82 valence electrons. The average molecular weight is 270 g/mol. The zero-order chi connectivity index (χ0) is 11.1. The van der Waals surface area contributed by atoms with Crippen molar-refractivity contribution >= 4 is 21.7 Å². The maximum atomic E-state index is 4.46. The van der Waals surface area contributed by atoms with Crippen LogP contribution >= 0.6 is 15.9 Å². The predicted molar refractivity (Wildman–Crippen MR) is 65.1 cm³/mol. The van der Waals surface area contributed by atoms with Crippen molar-refractivity contribution in [3.63, 3.8) is 0 Å². The van der Waals surface area contributed by atoms with Gasteiger partial charge in [-0.1, -0.05) is 13.8 Å². The summed E-state index contributed by atoms with van der Waals surface area (Å²) < 4.78 is 0.992. The second-order valence-electron chi connectivity index (χ2n) is 4.61. The van der Waals surface area contributed by atoms with Gasteiger partial charge in [-0.05, 0) is 29.3 Å². The quantitative estimate of drug-likeness (QED) is 0.827. The number of rotatable bonds is 2. The fourth-order valence-corrected chi connectivity index (χ4v) is 2.36. The molecule has 0 bridgehead atoms. The van der Waals surface area contributed by atoms with Crippen molar-refractivity contribution in [2.75, 3.05) is 18.0 Å². The summed E-state index contributed by atoms with van der Waals surface area (Å²) >= 11 is 3.50. The van der Waals surface area contributed by atoms with Gasteiger partial charge in [0.05, 0.1) is 4.47 Å². The Bertz CT molecular complexity index is 372. The molecule has 2 rings (SSSR count). The van der Waals surface area contributed by atoms with E-state index in [1.807, 2.05) is 13.1 Å². The molecule has 0 amide bonds. The molecule has 0 radical (unpaired) electrons. The molecular formula is C11H16BrN3. The van der Waals surface area contributed by atoms with Gasteiger partial charge in [0.25, 0.3) is 0 Å². The van der Waals surface area contributed by atoms with Crippen molar-refractivity contribution in [3.8, 4) is 0 Å². The molecule has 15 heavy (non-hydrogen) atoms. The smallest absolute Gasteiger partial charge is 0.146 e. The fourth-order valence-electron chi connectivity index (χ4n) is 1.91. The lowest BCUT2D eigenvalue weighted by Crippen LogP contribution is -2.55. The van der Waals surface area contributed by atoms with Gasteiger partial charge in [-0.3, -0.25) is 0 Å². The second-order valence-corrected chi connectivity index (χ2v) is 5.46. The van der Waals surface area contributed by atoms with E-state index in [-0.39, 0.29) is 0 Å². The molecule has 1 aliphatic heterocycles. The minimum Gasteiger partial charge on any atom is -0.354 e. The third-order valence-corrected chi connectivity index (χ3v) is 3.70. The molecule has 1 aliphatic rings. The third kappa shape index (κ3) is 2.00. The molecule has 0 N–H and O–H groups in total. The Labute approximate surface area is 99.0 Å². The van der Waals surface area contributed by atoms with Gasteiger partial charge in [-0.15, -0.1) is 0 Å². The van der Waals surface area contributed by atoms with Crippen LogP contribution in [-0.4, -0.2) is 23.1 Å². The third-order valence-electron chi connectivity index (χ3n) is 3.14. The predicted octanol–water partition coefficient (Wildman–Crippen LogP) is 2.78. The summed E-state index contributed by atoms with van der Waals surface area (Å²) in [6.07, 6.45) is 3.06. The van der Waals surface area contributed by atoms with Gasteiger partial charge in [0, 0.05) is 24.7 Å². The lowest BCUT2D eigenvalue weighted by molar-refractivity contribution is 0.232. The van der Waals surface area contributed by atoms with Crippen molar-refractivity contribution in [2.45, 2.75) is 27.2 Å². The van der Waals surface area contributed by atoms with Crippen molar-refractivity contribution in [3.05, 3.63) is 16.5 Å². The Hall–Kier alpha value is -0.640. The Morgan fingerprint density at radius 1 is 1.53 bits per heavy atom. The van der Waals surface area contributed by atoms with Crippen molar-refractivity contribution in [2.24, 2.45) is 5.41 Å². The van der Waals surface area contributed by atoms with Gasteiger partial charge < -0.3 is 4.90 Å². The van der Waals surface area contributed by atoms with Gasteiger partial charge in [0.1, 0.15) is 11.6 Å². The lowest BCUT2D eigenvalue weighted by Gasteiger charge is -2.48. The van der Waals surface area contributed by atoms with Crippen LogP contribution in [0.15, 0.2) is 10.7 Å². The number of halogens is 1. The number of aromatic nitrogens is 2. The average Bonchev–Trinajstić information content (AvgIpc) is 2.17. The SMILES string of the molecule is CCC1(C)CN(c2nc(C)ncc2Br)C1. The zero-order valence-corrected chi connectivity index (χ0v) is 11.0. The van der Waals surface area contributed by atoms with Crippen LogP contribution in [0.2, 0.25) is 0 Å². The largest absolute Gasteiger partial charge is 0.354 e. The molecule has 0 unspecified atom stereocenters. The highest BCUT2D eigenvalue weighted by Gasteiger charge is 2.38. The van der Waals surface area contributed by atoms with Crippen molar-refractivity contribution in [1.29, 1.82) is 0 Å². The summed E-state index contributed by atoms with van der Waals surface area (Å²) in [4.78, 5) is 10.9. The fraction of sp³-hybridized carbons (Fsp3) is 0.636. The van der Waals surface area contributed by atoms with Crippen LogP contribution in [0.5, 0.6) is 0 Å². The highest BCUT2D eigenvalue weighted by molar-refractivity contribution is 9.10. The molecule has 1 fully saturated rings. The minimum atomic E-state index is 0.471. The van der Waals surface area contributed by atoms with Gasteiger partial charge in [0.2, 0.25) is 0 Å². The topological polar surface area (TPSA) is 29.0 Å². The zero-order valence-electron chi connectivity index (χ0n) is 9.42. The van der Waals surface area contributed by atoms with Gasteiger partial charge in [0.15, 0.2) is 0 Å². The summed E-state index contributed by atoms with van der Waals surface area (Å²) in [5, 5.41) is 0.